The molecule has 1 N–H and O–H groups in total. The molecule has 4 nitrogen and oxygen atoms in total. The molecule has 0 aliphatic carbocycles. The molecule has 0 saturated carbocycles. The molecular formula is C13H11N3O. The van der Waals surface area contributed by atoms with Crippen molar-refractivity contribution in [3.63, 3.8) is 0 Å². The average molecular weight is 225 g/mol. The Morgan fingerprint density at radius 1 is 1.18 bits per heavy atom. The van der Waals surface area contributed by atoms with Gasteiger partial charge in [0.25, 0.3) is 5.56 Å². The molecular weight excluding hydrogens is 214 g/mol. The lowest BCUT2D eigenvalue weighted by molar-refractivity contribution is 0.776. The van der Waals surface area contributed by atoms with E-state index in [0.29, 0.717) is 6.54 Å². The SMILES string of the molecule is O=c1ccc2ccccc2n1Cc1cnc[nH]1. The van der Waals surface area contributed by atoms with E-state index in [0.717, 1.165) is 16.6 Å². The number of aromatic nitrogens is 3. The number of para-hydroxylation sites is 1. The Hall–Kier alpha value is -2.36. The van der Waals surface area contributed by atoms with E-state index in [4.69, 9.17) is 0 Å². The van der Waals surface area contributed by atoms with Crippen LogP contribution in [0.15, 0.2) is 53.7 Å². The zero-order valence-electron chi connectivity index (χ0n) is 9.13. The molecule has 3 rings (SSSR count). The molecule has 0 atom stereocenters. The normalized spacial score (nSPS) is 10.8. The second-order valence-electron chi connectivity index (χ2n) is 3.89. The van der Waals surface area contributed by atoms with Crippen LogP contribution in [0.4, 0.5) is 0 Å². The van der Waals surface area contributed by atoms with Gasteiger partial charge in [-0.2, -0.15) is 0 Å². The number of hydrogen-bond donors (Lipinski definition) is 1. The van der Waals surface area contributed by atoms with Gasteiger partial charge in [-0.3, -0.25) is 4.79 Å². The highest BCUT2D eigenvalue weighted by atomic mass is 16.1. The van der Waals surface area contributed by atoms with E-state index in [1.807, 2.05) is 30.3 Å². The molecule has 0 fully saturated rings. The Kier molecular flexibility index (Phi) is 2.26. The molecule has 0 saturated heterocycles. The minimum absolute atomic E-state index is 0.00157. The molecule has 84 valence electrons. The lowest BCUT2D eigenvalue weighted by atomic mass is 10.2. The lowest BCUT2D eigenvalue weighted by Gasteiger charge is -2.08. The fourth-order valence-electron chi connectivity index (χ4n) is 1.95. The molecule has 0 unspecified atom stereocenters. The number of imidazole rings is 1. The second-order valence-corrected chi connectivity index (χ2v) is 3.89. The van der Waals surface area contributed by atoms with Crippen molar-refractivity contribution in [3.05, 3.63) is 65.0 Å². The summed E-state index contributed by atoms with van der Waals surface area (Å²) < 4.78 is 1.74. The first-order chi connectivity index (χ1) is 8.34. The quantitative estimate of drug-likeness (QED) is 0.722. The number of benzene rings is 1. The van der Waals surface area contributed by atoms with Crippen molar-refractivity contribution >= 4 is 10.9 Å². The van der Waals surface area contributed by atoms with Crippen LogP contribution in [0.3, 0.4) is 0 Å². The Morgan fingerprint density at radius 3 is 2.88 bits per heavy atom. The second kappa shape index (κ2) is 3.90. The molecule has 4 heteroatoms. The van der Waals surface area contributed by atoms with Gasteiger partial charge in [0.05, 0.1) is 24.1 Å². The Bertz CT molecular complexity index is 698. The number of hydrogen-bond acceptors (Lipinski definition) is 2. The van der Waals surface area contributed by atoms with Crippen molar-refractivity contribution in [3.8, 4) is 0 Å². The van der Waals surface area contributed by atoms with Gasteiger partial charge >= 0.3 is 0 Å². The highest BCUT2D eigenvalue weighted by Crippen LogP contribution is 2.11. The number of fused-ring (bicyclic) bond motifs is 1. The molecule has 17 heavy (non-hydrogen) atoms. The van der Waals surface area contributed by atoms with Crippen LogP contribution < -0.4 is 5.56 Å². The molecule has 0 aliphatic rings. The molecule has 3 aromatic rings. The summed E-state index contributed by atoms with van der Waals surface area (Å²) in [4.78, 5) is 18.9. The van der Waals surface area contributed by atoms with Crippen LogP contribution in [0.5, 0.6) is 0 Å². The van der Waals surface area contributed by atoms with Gasteiger partial charge in [-0.15, -0.1) is 0 Å². The molecule has 1 aromatic carbocycles. The van der Waals surface area contributed by atoms with Gasteiger partial charge in [-0.25, -0.2) is 4.98 Å². The van der Waals surface area contributed by atoms with Gasteiger partial charge in [0, 0.05) is 12.3 Å². The maximum atomic E-state index is 11.9. The predicted octanol–water partition coefficient (Wildman–Crippen LogP) is 1.77. The minimum atomic E-state index is -0.00157. The molecule has 0 aliphatic heterocycles. The van der Waals surface area contributed by atoms with E-state index in [1.165, 1.54) is 0 Å². The highest BCUT2D eigenvalue weighted by Gasteiger charge is 2.03. The number of pyridine rings is 1. The number of H-pyrrole nitrogens is 1. The zero-order chi connectivity index (χ0) is 11.7. The standard InChI is InChI=1S/C13H11N3O/c17-13-6-5-10-3-1-2-4-12(10)16(13)8-11-7-14-9-15-11/h1-7,9H,8H2,(H,14,15). The van der Waals surface area contributed by atoms with Crippen LogP contribution in [0.25, 0.3) is 10.9 Å². The van der Waals surface area contributed by atoms with E-state index in [9.17, 15) is 4.79 Å². The average Bonchev–Trinajstić information content (AvgIpc) is 2.86. The first-order valence-electron chi connectivity index (χ1n) is 5.40. The van der Waals surface area contributed by atoms with Crippen LogP contribution in [0.2, 0.25) is 0 Å². The maximum Gasteiger partial charge on any atom is 0.251 e. The first-order valence-corrected chi connectivity index (χ1v) is 5.40. The summed E-state index contributed by atoms with van der Waals surface area (Å²) in [5, 5.41) is 1.06. The van der Waals surface area contributed by atoms with Crippen LogP contribution >= 0.6 is 0 Å². The van der Waals surface area contributed by atoms with Gasteiger partial charge in [0.1, 0.15) is 0 Å². The third-order valence-electron chi connectivity index (χ3n) is 2.78. The minimum Gasteiger partial charge on any atom is -0.347 e. The first kappa shape index (κ1) is 9.84. The highest BCUT2D eigenvalue weighted by molar-refractivity contribution is 5.78. The lowest BCUT2D eigenvalue weighted by Crippen LogP contribution is -2.19. The summed E-state index contributed by atoms with van der Waals surface area (Å²) in [7, 11) is 0. The molecule has 0 radical (unpaired) electrons. The smallest absolute Gasteiger partial charge is 0.251 e. The molecule has 0 spiro atoms. The van der Waals surface area contributed by atoms with Gasteiger partial charge in [-0.1, -0.05) is 18.2 Å². The summed E-state index contributed by atoms with van der Waals surface area (Å²) in [6.07, 6.45) is 3.35. The number of nitrogens with zero attached hydrogens (tertiary/aromatic N) is 2. The van der Waals surface area contributed by atoms with Gasteiger partial charge in [0.15, 0.2) is 0 Å². The Morgan fingerprint density at radius 2 is 2.06 bits per heavy atom. The summed E-state index contributed by atoms with van der Waals surface area (Å²) in [6.45, 7) is 0.514. The summed E-state index contributed by atoms with van der Waals surface area (Å²) in [6, 6.07) is 11.3. The van der Waals surface area contributed by atoms with Crippen LogP contribution in [-0.2, 0) is 6.54 Å². The van der Waals surface area contributed by atoms with E-state index in [1.54, 1.807) is 23.2 Å². The third kappa shape index (κ3) is 1.73. The van der Waals surface area contributed by atoms with Crippen LogP contribution in [0, 0.1) is 0 Å². The molecule has 2 heterocycles. The van der Waals surface area contributed by atoms with Gasteiger partial charge in [0.2, 0.25) is 0 Å². The Balaban J connectivity index is 2.20. The predicted molar refractivity (Wildman–Crippen MR) is 65.9 cm³/mol. The van der Waals surface area contributed by atoms with E-state index in [2.05, 4.69) is 9.97 Å². The molecule has 0 amide bonds. The summed E-state index contributed by atoms with van der Waals surface area (Å²) in [5.74, 6) is 0. The fourth-order valence-corrected chi connectivity index (χ4v) is 1.95. The summed E-state index contributed by atoms with van der Waals surface area (Å²) in [5.41, 5.74) is 1.86. The topological polar surface area (TPSA) is 50.7 Å². The van der Waals surface area contributed by atoms with Crippen LogP contribution in [0.1, 0.15) is 5.69 Å². The maximum absolute atomic E-state index is 11.9. The molecule has 0 bridgehead atoms. The Labute approximate surface area is 97.6 Å². The van der Waals surface area contributed by atoms with Gasteiger partial charge in [-0.05, 0) is 17.5 Å². The molecule has 2 aromatic heterocycles. The van der Waals surface area contributed by atoms with E-state index >= 15 is 0 Å². The zero-order valence-corrected chi connectivity index (χ0v) is 9.13. The number of nitrogens with one attached hydrogen (secondary N) is 1. The van der Waals surface area contributed by atoms with Crippen molar-refractivity contribution < 1.29 is 0 Å². The van der Waals surface area contributed by atoms with Crippen molar-refractivity contribution in [2.24, 2.45) is 0 Å². The number of aromatic amines is 1. The van der Waals surface area contributed by atoms with Crippen LogP contribution in [-0.4, -0.2) is 14.5 Å². The fraction of sp³-hybridized carbons (Fsp3) is 0.0769. The van der Waals surface area contributed by atoms with Crippen molar-refractivity contribution in [2.75, 3.05) is 0 Å². The largest absolute Gasteiger partial charge is 0.347 e. The van der Waals surface area contributed by atoms with Crippen molar-refractivity contribution in [1.29, 1.82) is 0 Å². The monoisotopic (exact) mass is 225 g/mol. The third-order valence-corrected chi connectivity index (χ3v) is 2.78. The number of rotatable bonds is 2. The van der Waals surface area contributed by atoms with E-state index < -0.39 is 0 Å². The van der Waals surface area contributed by atoms with E-state index in [-0.39, 0.29) is 5.56 Å². The van der Waals surface area contributed by atoms with Crippen molar-refractivity contribution in [2.45, 2.75) is 6.54 Å². The summed E-state index contributed by atoms with van der Waals surface area (Å²) >= 11 is 0. The van der Waals surface area contributed by atoms with Crippen molar-refractivity contribution in [1.82, 2.24) is 14.5 Å². The van der Waals surface area contributed by atoms with Gasteiger partial charge < -0.3 is 9.55 Å².